The van der Waals surface area contributed by atoms with Crippen molar-refractivity contribution < 1.29 is 9.60 Å². The number of nitrogens with one attached hydrogen (secondary N) is 1. The zero-order valence-electron chi connectivity index (χ0n) is 11.5. The van der Waals surface area contributed by atoms with Crippen LogP contribution in [0, 0.1) is 5.82 Å². The molecule has 1 aliphatic rings. The van der Waals surface area contributed by atoms with Crippen LogP contribution in [0.15, 0.2) is 23.4 Å². The molecule has 0 aromatic heterocycles. The highest BCUT2D eigenvalue weighted by atomic mass is 32.2. The van der Waals surface area contributed by atoms with E-state index < -0.39 is 5.82 Å². The van der Waals surface area contributed by atoms with Crippen molar-refractivity contribution in [3.05, 3.63) is 35.1 Å². The van der Waals surface area contributed by atoms with Crippen molar-refractivity contribution in [2.24, 2.45) is 10.9 Å². The predicted molar refractivity (Wildman–Crippen MR) is 80.7 cm³/mol. The number of nitrogens with zero attached hydrogens (tertiary/aromatic N) is 1. The standard InChI is InChI=1S/C14H20FN3OS/c1-14(6-3-7-20-14)9-17-8-10-4-2-5-11(12(10)15)13(16)18-19/h2,4-5,17,19H,3,6-9H2,1H3,(H2,16,18). The summed E-state index contributed by atoms with van der Waals surface area (Å²) in [7, 11) is 0. The van der Waals surface area contributed by atoms with Crippen LogP contribution in [0.2, 0.25) is 0 Å². The second kappa shape index (κ2) is 6.45. The Labute approximate surface area is 122 Å². The number of oxime groups is 1. The maximum atomic E-state index is 14.2. The largest absolute Gasteiger partial charge is 0.409 e. The maximum absolute atomic E-state index is 14.2. The van der Waals surface area contributed by atoms with E-state index in [1.54, 1.807) is 12.1 Å². The molecule has 2 rings (SSSR count). The minimum Gasteiger partial charge on any atom is -0.409 e. The number of benzene rings is 1. The third kappa shape index (κ3) is 3.43. The van der Waals surface area contributed by atoms with Gasteiger partial charge in [0.2, 0.25) is 0 Å². The van der Waals surface area contributed by atoms with E-state index >= 15 is 0 Å². The Morgan fingerprint density at radius 1 is 1.60 bits per heavy atom. The predicted octanol–water partition coefficient (Wildman–Crippen LogP) is 2.30. The lowest BCUT2D eigenvalue weighted by atomic mass is 10.1. The van der Waals surface area contributed by atoms with E-state index in [1.807, 2.05) is 11.8 Å². The van der Waals surface area contributed by atoms with Gasteiger partial charge < -0.3 is 16.3 Å². The van der Waals surface area contributed by atoms with Gasteiger partial charge in [0.1, 0.15) is 5.82 Å². The molecule has 0 aliphatic carbocycles. The van der Waals surface area contributed by atoms with E-state index in [-0.39, 0.29) is 16.1 Å². The molecule has 1 aromatic carbocycles. The summed E-state index contributed by atoms with van der Waals surface area (Å²) >= 11 is 1.97. The first-order valence-electron chi connectivity index (χ1n) is 6.66. The molecule has 0 spiro atoms. The van der Waals surface area contributed by atoms with Gasteiger partial charge in [-0.05, 0) is 31.6 Å². The van der Waals surface area contributed by atoms with Gasteiger partial charge in [0.05, 0.1) is 5.56 Å². The van der Waals surface area contributed by atoms with Crippen LogP contribution in [0.4, 0.5) is 4.39 Å². The quantitative estimate of drug-likeness (QED) is 0.337. The van der Waals surface area contributed by atoms with E-state index in [0.717, 1.165) is 6.54 Å². The van der Waals surface area contributed by atoms with E-state index in [0.29, 0.717) is 12.1 Å². The van der Waals surface area contributed by atoms with Gasteiger partial charge in [-0.2, -0.15) is 11.8 Å². The molecular formula is C14H20FN3OS. The van der Waals surface area contributed by atoms with Gasteiger partial charge in [-0.3, -0.25) is 0 Å². The van der Waals surface area contributed by atoms with Gasteiger partial charge in [-0.15, -0.1) is 0 Å². The fourth-order valence-electron chi connectivity index (χ4n) is 2.41. The molecule has 1 aliphatic heterocycles. The van der Waals surface area contributed by atoms with Crippen molar-refractivity contribution in [1.29, 1.82) is 0 Å². The summed E-state index contributed by atoms with van der Waals surface area (Å²) in [5.41, 5.74) is 6.11. The Balaban J connectivity index is 1.99. The number of rotatable bonds is 5. The molecule has 0 radical (unpaired) electrons. The van der Waals surface area contributed by atoms with Crippen LogP contribution in [-0.4, -0.2) is 28.1 Å². The van der Waals surface area contributed by atoms with Crippen molar-refractivity contribution >= 4 is 17.6 Å². The van der Waals surface area contributed by atoms with Crippen LogP contribution >= 0.6 is 11.8 Å². The number of hydrogen-bond donors (Lipinski definition) is 3. The summed E-state index contributed by atoms with van der Waals surface area (Å²) in [5.74, 6) is 0.563. The molecule has 0 saturated carbocycles. The van der Waals surface area contributed by atoms with Gasteiger partial charge in [0, 0.05) is 23.4 Å². The Morgan fingerprint density at radius 2 is 2.40 bits per heavy atom. The number of amidine groups is 1. The van der Waals surface area contributed by atoms with E-state index in [9.17, 15) is 4.39 Å². The number of halogens is 1. The van der Waals surface area contributed by atoms with E-state index in [4.69, 9.17) is 10.9 Å². The molecule has 6 heteroatoms. The Bertz CT molecular complexity index is 501. The summed E-state index contributed by atoms with van der Waals surface area (Å²) in [5, 5.41) is 14.8. The molecule has 0 amide bonds. The van der Waals surface area contributed by atoms with E-state index in [1.165, 1.54) is 24.7 Å². The minimum absolute atomic E-state index is 0.133. The highest BCUT2D eigenvalue weighted by Gasteiger charge is 2.28. The number of hydrogen-bond acceptors (Lipinski definition) is 4. The van der Waals surface area contributed by atoms with Crippen LogP contribution < -0.4 is 11.1 Å². The Morgan fingerprint density at radius 3 is 3.05 bits per heavy atom. The summed E-state index contributed by atoms with van der Waals surface area (Å²) < 4.78 is 14.4. The van der Waals surface area contributed by atoms with Crippen LogP contribution in [0.5, 0.6) is 0 Å². The van der Waals surface area contributed by atoms with Crippen molar-refractivity contribution in [3.8, 4) is 0 Å². The topological polar surface area (TPSA) is 70.6 Å². The highest BCUT2D eigenvalue weighted by Crippen LogP contribution is 2.37. The zero-order chi connectivity index (χ0) is 14.6. The molecule has 1 aromatic rings. The minimum atomic E-state index is -0.431. The van der Waals surface area contributed by atoms with Gasteiger partial charge >= 0.3 is 0 Å². The molecule has 20 heavy (non-hydrogen) atoms. The van der Waals surface area contributed by atoms with Gasteiger partial charge in [0.15, 0.2) is 5.84 Å². The second-order valence-electron chi connectivity index (χ2n) is 5.27. The van der Waals surface area contributed by atoms with E-state index in [2.05, 4.69) is 17.4 Å². The average Bonchev–Trinajstić information content (AvgIpc) is 2.87. The van der Waals surface area contributed by atoms with Crippen LogP contribution in [0.3, 0.4) is 0 Å². The molecule has 0 bridgehead atoms. The Hall–Kier alpha value is -1.27. The molecule has 1 saturated heterocycles. The molecule has 110 valence electrons. The molecule has 1 unspecified atom stereocenters. The van der Waals surface area contributed by atoms with Gasteiger partial charge in [-0.1, -0.05) is 17.3 Å². The molecule has 1 atom stereocenters. The van der Waals surface area contributed by atoms with Crippen LogP contribution in [-0.2, 0) is 6.54 Å². The number of thioether (sulfide) groups is 1. The lowest BCUT2D eigenvalue weighted by molar-refractivity contribution is 0.318. The molecule has 4 N–H and O–H groups in total. The first kappa shape index (κ1) is 15.1. The third-order valence-electron chi connectivity index (χ3n) is 3.58. The van der Waals surface area contributed by atoms with Crippen molar-refractivity contribution in [1.82, 2.24) is 5.32 Å². The second-order valence-corrected chi connectivity index (χ2v) is 6.95. The fraction of sp³-hybridized carbons (Fsp3) is 0.500. The molecule has 1 heterocycles. The average molecular weight is 297 g/mol. The first-order chi connectivity index (χ1) is 9.56. The monoisotopic (exact) mass is 297 g/mol. The molecular weight excluding hydrogens is 277 g/mol. The van der Waals surface area contributed by atoms with Crippen molar-refractivity contribution in [3.63, 3.8) is 0 Å². The summed E-state index contributed by atoms with van der Waals surface area (Å²) in [6, 6.07) is 4.92. The van der Waals surface area contributed by atoms with Gasteiger partial charge in [-0.25, -0.2) is 4.39 Å². The van der Waals surface area contributed by atoms with Crippen LogP contribution in [0.25, 0.3) is 0 Å². The number of nitrogens with two attached hydrogens (primary N) is 1. The van der Waals surface area contributed by atoms with Crippen molar-refractivity contribution in [2.45, 2.75) is 31.1 Å². The Kier molecular flexibility index (Phi) is 4.88. The summed E-state index contributed by atoms with van der Waals surface area (Å²) in [6.45, 7) is 3.53. The van der Waals surface area contributed by atoms with Crippen molar-refractivity contribution in [2.75, 3.05) is 12.3 Å². The first-order valence-corrected chi connectivity index (χ1v) is 7.64. The third-order valence-corrected chi connectivity index (χ3v) is 5.12. The molecule has 4 nitrogen and oxygen atoms in total. The highest BCUT2D eigenvalue weighted by molar-refractivity contribution is 8.00. The summed E-state index contributed by atoms with van der Waals surface area (Å²) in [4.78, 5) is 0. The summed E-state index contributed by atoms with van der Waals surface area (Å²) in [6.07, 6.45) is 2.44. The van der Waals surface area contributed by atoms with Crippen LogP contribution in [0.1, 0.15) is 30.9 Å². The smallest absolute Gasteiger partial charge is 0.173 e. The van der Waals surface area contributed by atoms with Gasteiger partial charge in [0.25, 0.3) is 0 Å². The zero-order valence-corrected chi connectivity index (χ0v) is 12.3. The lowest BCUT2D eigenvalue weighted by Crippen LogP contribution is -2.32. The molecule has 1 fully saturated rings. The maximum Gasteiger partial charge on any atom is 0.173 e. The SMILES string of the molecule is CC1(CNCc2cccc(/C(N)=N/O)c2F)CCCS1. The lowest BCUT2D eigenvalue weighted by Gasteiger charge is -2.23. The fourth-order valence-corrected chi connectivity index (χ4v) is 3.68. The normalized spacial score (nSPS) is 23.2.